The number of morpholine rings is 1. The lowest BCUT2D eigenvalue weighted by molar-refractivity contribution is 0.0305. The molecule has 0 radical (unpaired) electrons. The van der Waals surface area contributed by atoms with Gasteiger partial charge in [0.25, 0.3) is 0 Å². The van der Waals surface area contributed by atoms with E-state index in [4.69, 9.17) is 15.5 Å². The van der Waals surface area contributed by atoms with Gasteiger partial charge >= 0.3 is 0 Å². The minimum absolute atomic E-state index is 0.413. The third-order valence-electron chi connectivity index (χ3n) is 4.29. The summed E-state index contributed by atoms with van der Waals surface area (Å²) in [6, 6.07) is 0. The van der Waals surface area contributed by atoms with Crippen molar-refractivity contribution >= 4 is 16.5 Å². The van der Waals surface area contributed by atoms with Gasteiger partial charge in [-0.3, -0.25) is 0 Å². The Balaban J connectivity index is 1.83. The van der Waals surface area contributed by atoms with Gasteiger partial charge in [0, 0.05) is 24.5 Å². The van der Waals surface area contributed by atoms with E-state index in [2.05, 4.69) is 18.7 Å². The van der Waals surface area contributed by atoms with Gasteiger partial charge in [0.1, 0.15) is 0 Å². The zero-order chi connectivity index (χ0) is 13.4. The Morgan fingerprint density at radius 2 is 2.11 bits per heavy atom. The second-order valence-corrected chi connectivity index (χ2v) is 6.74. The number of aromatic nitrogens is 1. The Morgan fingerprint density at radius 1 is 1.42 bits per heavy atom. The van der Waals surface area contributed by atoms with Gasteiger partial charge in [-0.1, -0.05) is 13.8 Å². The van der Waals surface area contributed by atoms with E-state index in [1.165, 1.54) is 23.4 Å². The van der Waals surface area contributed by atoms with Crippen molar-refractivity contribution in [3.05, 3.63) is 10.6 Å². The quantitative estimate of drug-likeness (QED) is 0.921. The van der Waals surface area contributed by atoms with Crippen molar-refractivity contribution in [3.63, 3.8) is 0 Å². The predicted molar refractivity (Wildman–Crippen MR) is 78.8 cm³/mol. The molecule has 4 nitrogen and oxygen atoms in total. The zero-order valence-electron chi connectivity index (χ0n) is 11.8. The largest absolute Gasteiger partial charge is 0.371 e. The molecule has 2 aliphatic rings. The number of anilines is 1. The molecule has 3 atom stereocenters. The van der Waals surface area contributed by atoms with Crippen LogP contribution < -0.4 is 10.6 Å². The van der Waals surface area contributed by atoms with E-state index in [0.29, 0.717) is 24.7 Å². The Hall–Kier alpha value is -0.650. The average molecular weight is 281 g/mol. The van der Waals surface area contributed by atoms with Crippen LogP contribution in [-0.4, -0.2) is 30.3 Å². The molecule has 3 unspecified atom stereocenters. The van der Waals surface area contributed by atoms with Crippen LogP contribution in [0, 0.1) is 0 Å². The summed E-state index contributed by atoms with van der Waals surface area (Å²) in [7, 11) is 0. The van der Waals surface area contributed by atoms with Gasteiger partial charge in [-0.05, 0) is 25.2 Å². The molecule has 0 saturated carbocycles. The van der Waals surface area contributed by atoms with Crippen LogP contribution in [0.25, 0.3) is 0 Å². The summed E-state index contributed by atoms with van der Waals surface area (Å²) in [6.07, 6.45) is 4.35. The summed E-state index contributed by atoms with van der Waals surface area (Å²) in [5.41, 5.74) is 7.09. The summed E-state index contributed by atoms with van der Waals surface area (Å²) < 4.78 is 5.89. The number of thiazole rings is 1. The highest BCUT2D eigenvalue weighted by Crippen LogP contribution is 2.35. The molecule has 3 rings (SSSR count). The molecule has 2 aliphatic heterocycles. The first kappa shape index (κ1) is 13.3. The molecule has 3 heterocycles. The topological polar surface area (TPSA) is 51.4 Å². The molecule has 0 amide bonds. The Kier molecular flexibility index (Phi) is 3.78. The summed E-state index contributed by atoms with van der Waals surface area (Å²) in [4.78, 5) is 8.54. The van der Waals surface area contributed by atoms with E-state index < -0.39 is 0 Å². The second kappa shape index (κ2) is 5.38. The van der Waals surface area contributed by atoms with E-state index in [9.17, 15) is 0 Å². The van der Waals surface area contributed by atoms with Crippen LogP contribution >= 0.6 is 11.3 Å². The molecule has 0 spiro atoms. The number of ether oxygens (including phenoxy) is 1. The predicted octanol–water partition coefficient (Wildman–Crippen LogP) is 2.48. The van der Waals surface area contributed by atoms with Crippen LogP contribution in [0.3, 0.4) is 0 Å². The summed E-state index contributed by atoms with van der Waals surface area (Å²) in [5.74, 6) is 0.501. The molecule has 5 heteroatoms. The molecular weight excluding hydrogens is 258 g/mol. The van der Waals surface area contributed by atoms with Crippen LogP contribution in [0.4, 0.5) is 5.13 Å². The van der Waals surface area contributed by atoms with Crippen molar-refractivity contribution in [1.82, 2.24) is 4.98 Å². The smallest absolute Gasteiger partial charge is 0.186 e. The lowest BCUT2D eigenvalue weighted by Gasteiger charge is -2.31. The molecule has 2 N–H and O–H groups in total. The third kappa shape index (κ3) is 2.51. The number of nitrogens with two attached hydrogens (primary N) is 1. The first-order valence-corrected chi connectivity index (χ1v) is 8.13. The van der Waals surface area contributed by atoms with Gasteiger partial charge in [0.15, 0.2) is 5.13 Å². The van der Waals surface area contributed by atoms with Crippen LogP contribution in [0.15, 0.2) is 0 Å². The Bertz CT molecular complexity index is 436. The van der Waals surface area contributed by atoms with E-state index in [-0.39, 0.29) is 0 Å². The number of nitrogens with zero attached hydrogens (tertiary/aromatic N) is 2. The first-order valence-electron chi connectivity index (χ1n) is 7.31. The van der Waals surface area contributed by atoms with Gasteiger partial charge in [0.05, 0.1) is 17.9 Å². The maximum atomic E-state index is 5.89. The highest BCUT2D eigenvalue weighted by Gasteiger charge is 2.35. The molecule has 1 aromatic rings. The van der Waals surface area contributed by atoms with E-state index in [1.54, 1.807) is 11.3 Å². The highest BCUT2D eigenvalue weighted by atomic mass is 32.1. The highest BCUT2D eigenvalue weighted by molar-refractivity contribution is 7.15. The molecule has 2 bridgehead atoms. The number of fused-ring (bicyclic) bond motifs is 2. The molecule has 2 fully saturated rings. The van der Waals surface area contributed by atoms with Crippen LogP contribution in [0.1, 0.15) is 49.6 Å². The van der Waals surface area contributed by atoms with Crippen LogP contribution in [0.2, 0.25) is 0 Å². The van der Waals surface area contributed by atoms with Gasteiger partial charge in [-0.15, -0.1) is 11.3 Å². The van der Waals surface area contributed by atoms with Gasteiger partial charge in [0.2, 0.25) is 0 Å². The third-order valence-corrected chi connectivity index (χ3v) is 5.45. The van der Waals surface area contributed by atoms with Crippen molar-refractivity contribution < 1.29 is 4.74 Å². The van der Waals surface area contributed by atoms with E-state index >= 15 is 0 Å². The molecule has 0 aromatic carbocycles. The lowest BCUT2D eigenvalue weighted by Crippen LogP contribution is -2.42. The monoisotopic (exact) mass is 281 g/mol. The first-order chi connectivity index (χ1) is 9.21. The lowest BCUT2D eigenvalue weighted by atomic mass is 10.0. The SMILES string of the molecule is CCC(C)c1nc(N2CC3CCC(C2)O3)sc1CN. The molecule has 106 valence electrons. The van der Waals surface area contributed by atoms with Crippen molar-refractivity contribution in [3.8, 4) is 0 Å². The summed E-state index contributed by atoms with van der Waals surface area (Å²) >= 11 is 1.78. The number of rotatable bonds is 4. The minimum atomic E-state index is 0.413. The molecule has 2 saturated heterocycles. The van der Waals surface area contributed by atoms with Crippen LogP contribution in [0.5, 0.6) is 0 Å². The normalized spacial score (nSPS) is 27.8. The maximum Gasteiger partial charge on any atom is 0.186 e. The average Bonchev–Trinajstić information content (AvgIpc) is 3.01. The van der Waals surface area contributed by atoms with Crippen molar-refractivity contribution in [2.24, 2.45) is 5.73 Å². The maximum absolute atomic E-state index is 5.89. The van der Waals surface area contributed by atoms with E-state index in [1.807, 2.05) is 0 Å². The second-order valence-electron chi connectivity index (χ2n) is 5.68. The number of hydrogen-bond acceptors (Lipinski definition) is 5. The van der Waals surface area contributed by atoms with Gasteiger partial charge in [-0.2, -0.15) is 0 Å². The number of hydrogen-bond donors (Lipinski definition) is 1. The standard InChI is InChI=1S/C14H23N3OS/c1-3-9(2)13-12(6-15)19-14(16-13)17-7-10-4-5-11(8-17)18-10/h9-11H,3-8,15H2,1-2H3. The minimum Gasteiger partial charge on any atom is -0.371 e. The Labute approximate surface area is 119 Å². The van der Waals surface area contributed by atoms with Crippen molar-refractivity contribution in [2.45, 2.75) is 57.8 Å². The van der Waals surface area contributed by atoms with Gasteiger partial charge < -0.3 is 15.4 Å². The fraction of sp³-hybridized carbons (Fsp3) is 0.786. The summed E-state index contributed by atoms with van der Waals surface area (Å²) in [6.45, 7) is 7.04. The van der Waals surface area contributed by atoms with Crippen LogP contribution in [-0.2, 0) is 11.3 Å². The fourth-order valence-electron chi connectivity index (χ4n) is 2.98. The van der Waals surface area contributed by atoms with E-state index in [0.717, 1.165) is 24.6 Å². The van der Waals surface area contributed by atoms with Crippen molar-refractivity contribution in [1.29, 1.82) is 0 Å². The van der Waals surface area contributed by atoms with Gasteiger partial charge in [-0.25, -0.2) is 4.98 Å². The summed E-state index contributed by atoms with van der Waals surface area (Å²) in [5, 5.41) is 1.15. The molecular formula is C14H23N3OS. The zero-order valence-corrected chi connectivity index (χ0v) is 12.6. The molecule has 0 aliphatic carbocycles. The molecule has 19 heavy (non-hydrogen) atoms. The van der Waals surface area contributed by atoms with Crippen molar-refractivity contribution in [2.75, 3.05) is 18.0 Å². The fourth-order valence-corrected chi connectivity index (χ4v) is 4.06. The Morgan fingerprint density at radius 3 is 2.68 bits per heavy atom. The molecule has 1 aromatic heterocycles.